The van der Waals surface area contributed by atoms with Gasteiger partial charge in [0.1, 0.15) is 11.4 Å². The van der Waals surface area contributed by atoms with Crippen LogP contribution >= 0.6 is 11.6 Å². The van der Waals surface area contributed by atoms with E-state index in [4.69, 9.17) is 11.6 Å². The highest BCUT2D eigenvalue weighted by Crippen LogP contribution is 2.30. The van der Waals surface area contributed by atoms with Crippen LogP contribution < -0.4 is 5.32 Å². The summed E-state index contributed by atoms with van der Waals surface area (Å²) in [5, 5.41) is 2.90. The van der Waals surface area contributed by atoms with Crippen molar-refractivity contribution in [3.63, 3.8) is 0 Å². The summed E-state index contributed by atoms with van der Waals surface area (Å²) in [7, 11) is 0. The Hall–Kier alpha value is -2.40. The Bertz CT molecular complexity index is 781. The Kier molecular flexibility index (Phi) is 3.82. The minimum atomic E-state index is -1.12. The van der Waals surface area contributed by atoms with Crippen molar-refractivity contribution in [3.8, 4) is 0 Å². The fourth-order valence-electron chi connectivity index (χ4n) is 2.63. The summed E-state index contributed by atoms with van der Waals surface area (Å²) in [5.41, 5.74) is 0.0881. The molecule has 1 saturated heterocycles. The van der Waals surface area contributed by atoms with E-state index < -0.39 is 17.4 Å². The van der Waals surface area contributed by atoms with Crippen LogP contribution in [0.2, 0.25) is 5.02 Å². The first kappa shape index (κ1) is 15.5. The van der Waals surface area contributed by atoms with E-state index >= 15 is 0 Å². The molecule has 1 aliphatic rings. The Morgan fingerprint density at radius 1 is 1.17 bits per heavy atom. The summed E-state index contributed by atoms with van der Waals surface area (Å²) in [6.45, 7) is 1.65. The molecular formula is C17H14ClFN2O2. The van der Waals surface area contributed by atoms with E-state index in [9.17, 15) is 14.0 Å². The Morgan fingerprint density at radius 2 is 1.87 bits per heavy atom. The highest BCUT2D eigenvalue weighted by molar-refractivity contribution is 6.31. The fourth-order valence-corrected chi connectivity index (χ4v) is 2.85. The van der Waals surface area contributed by atoms with Crippen molar-refractivity contribution >= 4 is 23.5 Å². The number of hydrogen-bond acceptors (Lipinski definition) is 2. The molecule has 4 nitrogen and oxygen atoms in total. The minimum Gasteiger partial charge on any atom is -0.319 e. The summed E-state index contributed by atoms with van der Waals surface area (Å²) in [4.78, 5) is 26.1. The summed E-state index contributed by atoms with van der Waals surface area (Å²) in [6.07, 6.45) is 0. The predicted octanol–water partition coefficient (Wildman–Crippen LogP) is 3.45. The van der Waals surface area contributed by atoms with Gasteiger partial charge >= 0.3 is 6.03 Å². The Labute approximate surface area is 137 Å². The van der Waals surface area contributed by atoms with Crippen LogP contribution in [0.25, 0.3) is 0 Å². The molecule has 0 aliphatic carbocycles. The number of benzene rings is 2. The van der Waals surface area contributed by atoms with Gasteiger partial charge in [0.25, 0.3) is 5.91 Å². The molecule has 0 bridgehead atoms. The zero-order valence-corrected chi connectivity index (χ0v) is 13.1. The van der Waals surface area contributed by atoms with Gasteiger partial charge in [-0.25, -0.2) is 9.18 Å². The molecule has 1 heterocycles. The molecule has 6 heteroatoms. The topological polar surface area (TPSA) is 49.4 Å². The normalized spacial score (nSPS) is 20.7. The number of imide groups is 1. The van der Waals surface area contributed by atoms with Crippen molar-refractivity contribution in [2.45, 2.75) is 19.0 Å². The molecule has 2 aromatic rings. The number of hydrogen-bond donors (Lipinski definition) is 1. The lowest BCUT2D eigenvalue weighted by Gasteiger charge is -2.22. The van der Waals surface area contributed by atoms with Gasteiger partial charge in [0.05, 0.1) is 6.54 Å². The summed E-state index contributed by atoms with van der Waals surface area (Å²) in [6, 6.07) is 12.4. The number of nitrogens with one attached hydrogen (secondary N) is 1. The lowest BCUT2D eigenvalue weighted by Crippen LogP contribution is -2.40. The number of halogens is 2. The molecule has 0 spiro atoms. The van der Waals surface area contributed by atoms with Gasteiger partial charge in [0.15, 0.2) is 0 Å². The maximum Gasteiger partial charge on any atom is 0.325 e. The van der Waals surface area contributed by atoms with Crippen molar-refractivity contribution in [1.29, 1.82) is 0 Å². The zero-order valence-electron chi connectivity index (χ0n) is 12.3. The number of nitrogens with zero attached hydrogens (tertiary/aromatic N) is 1. The second kappa shape index (κ2) is 5.66. The van der Waals surface area contributed by atoms with Crippen LogP contribution in [0.15, 0.2) is 48.5 Å². The van der Waals surface area contributed by atoms with E-state index in [2.05, 4.69) is 5.32 Å². The van der Waals surface area contributed by atoms with Gasteiger partial charge in [0, 0.05) is 5.02 Å². The van der Waals surface area contributed by atoms with Gasteiger partial charge in [-0.05, 0) is 30.2 Å². The minimum absolute atomic E-state index is 0.00773. The highest BCUT2D eigenvalue weighted by Gasteiger charge is 2.48. The number of amides is 3. The second-order valence-electron chi connectivity index (χ2n) is 5.55. The molecule has 3 rings (SSSR count). The summed E-state index contributed by atoms with van der Waals surface area (Å²) < 4.78 is 13.1. The largest absolute Gasteiger partial charge is 0.325 e. The van der Waals surface area contributed by atoms with Crippen LogP contribution in [-0.4, -0.2) is 16.8 Å². The number of rotatable bonds is 3. The molecule has 3 amide bonds. The van der Waals surface area contributed by atoms with Crippen molar-refractivity contribution in [1.82, 2.24) is 10.2 Å². The van der Waals surface area contributed by atoms with Crippen LogP contribution in [0.1, 0.15) is 18.1 Å². The first-order chi connectivity index (χ1) is 10.9. The first-order valence-electron chi connectivity index (χ1n) is 7.05. The van der Waals surface area contributed by atoms with Crippen LogP contribution in [0.5, 0.6) is 0 Å². The Balaban J connectivity index is 1.90. The molecule has 1 aliphatic heterocycles. The van der Waals surface area contributed by atoms with Gasteiger partial charge < -0.3 is 5.32 Å². The van der Waals surface area contributed by atoms with E-state index in [0.717, 1.165) is 11.0 Å². The Morgan fingerprint density at radius 3 is 2.52 bits per heavy atom. The van der Waals surface area contributed by atoms with E-state index in [0.29, 0.717) is 11.1 Å². The first-order valence-corrected chi connectivity index (χ1v) is 7.43. The standard InChI is InChI=1S/C17H14ClFN2O2/c1-17(12-5-3-2-4-6-12)15(22)21(16(23)20-17)10-11-7-8-13(19)9-14(11)18/h2-9H,10H2,1H3,(H,20,23)/t17-/m0/s1. The maximum absolute atomic E-state index is 13.1. The summed E-state index contributed by atoms with van der Waals surface area (Å²) in [5.74, 6) is -0.834. The summed E-state index contributed by atoms with van der Waals surface area (Å²) >= 11 is 5.98. The molecule has 1 fully saturated rings. The van der Waals surface area contributed by atoms with Gasteiger partial charge in [-0.1, -0.05) is 48.0 Å². The van der Waals surface area contributed by atoms with E-state index in [1.807, 2.05) is 6.07 Å². The van der Waals surface area contributed by atoms with Crippen LogP contribution in [0, 0.1) is 5.82 Å². The van der Waals surface area contributed by atoms with Gasteiger partial charge in [-0.2, -0.15) is 0 Å². The van der Waals surface area contributed by atoms with E-state index in [1.54, 1.807) is 31.2 Å². The van der Waals surface area contributed by atoms with Crippen LogP contribution in [0.4, 0.5) is 9.18 Å². The average Bonchev–Trinajstić information content (AvgIpc) is 2.75. The van der Waals surface area contributed by atoms with E-state index in [-0.39, 0.29) is 17.5 Å². The molecule has 1 N–H and O–H groups in total. The third kappa shape index (κ3) is 2.68. The molecule has 2 aromatic carbocycles. The molecule has 0 radical (unpaired) electrons. The number of urea groups is 1. The van der Waals surface area contributed by atoms with Crippen LogP contribution in [0.3, 0.4) is 0 Å². The second-order valence-corrected chi connectivity index (χ2v) is 5.96. The predicted molar refractivity (Wildman–Crippen MR) is 84.3 cm³/mol. The van der Waals surface area contributed by atoms with Crippen LogP contribution in [-0.2, 0) is 16.9 Å². The monoisotopic (exact) mass is 332 g/mol. The third-order valence-electron chi connectivity index (χ3n) is 3.97. The van der Waals surface area contributed by atoms with Gasteiger partial charge in [-0.3, -0.25) is 9.69 Å². The third-order valence-corrected chi connectivity index (χ3v) is 4.32. The number of carbonyl (C=O) groups is 2. The van der Waals surface area contributed by atoms with Crippen molar-refractivity contribution in [3.05, 3.63) is 70.5 Å². The van der Waals surface area contributed by atoms with Gasteiger partial charge in [0.2, 0.25) is 0 Å². The molecule has 1 atom stereocenters. The maximum atomic E-state index is 13.1. The quantitative estimate of drug-likeness (QED) is 0.875. The molecule has 23 heavy (non-hydrogen) atoms. The fraction of sp³-hybridized carbons (Fsp3) is 0.176. The molecule has 0 unspecified atom stereocenters. The average molecular weight is 333 g/mol. The molecule has 118 valence electrons. The van der Waals surface area contributed by atoms with Crippen molar-refractivity contribution < 1.29 is 14.0 Å². The van der Waals surface area contributed by atoms with E-state index in [1.165, 1.54) is 12.1 Å². The zero-order chi connectivity index (χ0) is 16.6. The smallest absolute Gasteiger partial charge is 0.319 e. The van der Waals surface area contributed by atoms with Crippen molar-refractivity contribution in [2.75, 3.05) is 0 Å². The highest BCUT2D eigenvalue weighted by atomic mass is 35.5. The SMILES string of the molecule is C[C@@]1(c2ccccc2)NC(=O)N(Cc2ccc(F)cc2Cl)C1=O. The molecular weight excluding hydrogens is 319 g/mol. The van der Waals surface area contributed by atoms with Crippen molar-refractivity contribution in [2.24, 2.45) is 0 Å². The number of carbonyl (C=O) groups excluding carboxylic acids is 2. The lowest BCUT2D eigenvalue weighted by atomic mass is 9.92. The lowest BCUT2D eigenvalue weighted by molar-refractivity contribution is -0.131. The molecule has 0 aromatic heterocycles. The van der Waals surface area contributed by atoms with Gasteiger partial charge in [-0.15, -0.1) is 0 Å². The molecule has 0 saturated carbocycles.